The van der Waals surface area contributed by atoms with E-state index in [9.17, 15) is 8.42 Å². The van der Waals surface area contributed by atoms with E-state index in [-0.39, 0.29) is 12.0 Å². The highest BCUT2D eigenvalue weighted by Crippen LogP contribution is 2.35. The van der Waals surface area contributed by atoms with Crippen LogP contribution >= 0.6 is 0 Å². The van der Waals surface area contributed by atoms with Gasteiger partial charge in [0.1, 0.15) is 17.6 Å². The Morgan fingerprint density at radius 1 is 1.39 bits per heavy atom. The molecule has 3 rings (SSSR count). The van der Waals surface area contributed by atoms with Gasteiger partial charge in [-0.1, -0.05) is 0 Å². The summed E-state index contributed by atoms with van der Waals surface area (Å²) in [5.41, 5.74) is 2.27. The van der Waals surface area contributed by atoms with E-state index in [1.54, 1.807) is 0 Å². The summed E-state index contributed by atoms with van der Waals surface area (Å²) in [5, 5.41) is 3.38. The van der Waals surface area contributed by atoms with E-state index >= 15 is 0 Å². The maximum atomic E-state index is 11.5. The molecule has 0 radical (unpaired) electrons. The number of hydrogen-bond acceptors (Lipinski definition) is 5. The maximum absolute atomic E-state index is 11.5. The summed E-state index contributed by atoms with van der Waals surface area (Å²) in [7, 11) is -2.81. The molecule has 5 nitrogen and oxygen atoms in total. The van der Waals surface area contributed by atoms with Crippen molar-refractivity contribution in [3.63, 3.8) is 0 Å². The van der Waals surface area contributed by atoms with Gasteiger partial charge < -0.3 is 14.8 Å². The molecule has 6 heteroatoms. The highest BCUT2D eigenvalue weighted by Gasteiger charge is 2.27. The number of ether oxygens (including phenoxy) is 2. The Bertz CT molecular complexity index is 671. The van der Waals surface area contributed by atoms with Crippen molar-refractivity contribution in [3.05, 3.63) is 23.3 Å². The third-order valence-electron chi connectivity index (χ3n) is 4.45. The second-order valence-electron chi connectivity index (χ2n) is 6.53. The minimum Gasteiger partial charge on any atom is -0.494 e. The summed E-state index contributed by atoms with van der Waals surface area (Å²) in [6.45, 7) is 6.06. The van der Waals surface area contributed by atoms with E-state index < -0.39 is 9.84 Å². The van der Waals surface area contributed by atoms with Gasteiger partial charge in [0.15, 0.2) is 9.84 Å². The summed E-state index contributed by atoms with van der Waals surface area (Å²) >= 11 is 0. The zero-order chi connectivity index (χ0) is 16.4. The van der Waals surface area contributed by atoms with E-state index in [2.05, 4.69) is 24.4 Å². The number of nitrogens with one attached hydrogen (secondary N) is 1. The lowest BCUT2D eigenvalue weighted by molar-refractivity contribution is 0.254. The van der Waals surface area contributed by atoms with Crippen LogP contribution in [-0.2, 0) is 22.8 Å². The van der Waals surface area contributed by atoms with Crippen molar-refractivity contribution in [2.24, 2.45) is 5.92 Å². The van der Waals surface area contributed by atoms with Crippen molar-refractivity contribution in [2.45, 2.75) is 39.3 Å². The first-order valence-electron chi connectivity index (χ1n) is 8.33. The monoisotopic (exact) mass is 339 g/mol. The average Bonchev–Trinajstić information content (AvgIpc) is 3.00. The van der Waals surface area contributed by atoms with Crippen LogP contribution in [0.3, 0.4) is 0 Å². The second-order valence-corrected chi connectivity index (χ2v) is 8.76. The molecule has 128 valence electrons. The van der Waals surface area contributed by atoms with Crippen molar-refractivity contribution in [3.8, 4) is 11.5 Å². The SMILES string of the molecule is CCOc1cc2c(cc1CNC[C@H]1CCS(=O)(=O)C1)O[C@H](C)C2. The number of hydrogen-bond donors (Lipinski definition) is 1. The Morgan fingerprint density at radius 3 is 2.91 bits per heavy atom. The van der Waals surface area contributed by atoms with Crippen LogP contribution < -0.4 is 14.8 Å². The Hall–Kier alpha value is -1.27. The quantitative estimate of drug-likeness (QED) is 0.858. The van der Waals surface area contributed by atoms with Gasteiger partial charge >= 0.3 is 0 Å². The minimum absolute atomic E-state index is 0.214. The highest BCUT2D eigenvalue weighted by molar-refractivity contribution is 7.91. The summed E-state index contributed by atoms with van der Waals surface area (Å²) < 4.78 is 34.6. The first kappa shape index (κ1) is 16.6. The molecule has 1 fully saturated rings. The van der Waals surface area contributed by atoms with Crippen LogP contribution in [0.5, 0.6) is 11.5 Å². The zero-order valence-corrected chi connectivity index (χ0v) is 14.6. The molecule has 0 aliphatic carbocycles. The van der Waals surface area contributed by atoms with Gasteiger partial charge in [-0.2, -0.15) is 0 Å². The fourth-order valence-electron chi connectivity index (χ4n) is 3.35. The van der Waals surface area contributed by atoms with Gasteiger partial charge in [-0.25, -0.2) is 8.42 Å². The molecule has 1 saturated heterocycles. The molecule has 0 aromatic heterocycles. The van der Waals surface area contributed by atoms with Gasteiger partial charge in [0.05, 0.1) is 18.1 Å². The van der Waals surface area contributed by atoms with Crippen LogP contribution in [0.25, 0.3) is 0 Å². The van der Waals surface area contributed by atoms with Gasteiger partial charge in [0, 0.05) is 24.1 Å². The minimum atomic E-state index is -2.81. The zero-order valence-electron chi connectivity index (χ0n) is 13.8. The Morgan fingerprint density at radius 2 is 2.22 bits per heavy atom. The molecular formula is C17H25NO4S. The molecule has 1 N–H and O–H groups in total. The summed E-state index contributed by atoms with van der Waals surface area (Å²) in [4.78, 5) is 0. The van der Waals surface area contributed by atoms with Gasteiger partial charge in [-0.15, -0.1) is 0 Å². The Labute approximate surface area is 138 Å². The standard InChI is InChI=1S/C17H25NO4S/c1-3-21-16-7-14-6-12(2)22-17(14)8-15(16)10-18-9-13-4-5-23(19,20)11-13/h7-8,12-13,18H,3-6,9-11H2,1-2H3/t12-,13-/m1/s1. The van der Waals surface area contributed by atoms with Crippen molar-refractivity contribution in [1.29, 1.82) is 0 Å². The van der Waals surface area contributed by atoms with E-state index in [1.807, 2.05) is 6.92 Å². The fourth-order valence-corrected chi connectivity index (χ4v) is 5.22. The van der Waals surface area contributed by atoms with Crippen molar-refractivity contribution in [1.82, 2.24) is 5.32 Å². The number of sulfone groups is 1. The molecule has 1 aromatic carbocycles. The summed E-state index contributed by atoms with van der Waals surface area (Å²) in [6.07, 6.45) is 1.90. The Balaban J connectivity index is 1.64. The summed E-state index contributed by atoms with van der Waals surface area (Å²) in [5.74, 6) is 2.70. The first-order chi connectivity index (χ1) is 11.0. The molecule has 2 atom stereocenters. The third kappa shape index (κ3) is 3.98. The molecule has 2 aliphatic rings. The lowest BCUT2D eigenvalue weighted by atomic mass is 10.1. The van der Waals surface area contributed by atoms with E-state index in [0.717, 1.165) is 36.4 Å². The predicted molar refractivity (Wildman–Crippen MR) is 89.9 cm³/mol. The van der Waals surface area contributed by atoms with E-state index in [0.29, 0.717) is 24.7 Å². The topological polar surface area (TPSA) is 64.6 Å². The molecule has 1 aromatic rings. The smallest absolute Gasteiger partial charge is 0.150 e. The van der Waals surface area contributed by atoms with Crippen molar-refractivity contribution < 1.29 is 17.9 Å². The van der Waals surface area contributed by atoms with Gasteiger partial charge in [0.2, 0.25) is 0 Å². The lowest BCUT2D eigenvalue weighted by Crippen LogP contribution is -2.23. The first-order valence-corrected chi connectivity index (χ1v) is 10.2. The van der Waals surface area contributed by atoms with Crippen LogP contribution in [0.2, 0.25) is 0 Å². The third-order valence-corrected chi connectivity index (χ3v) is 6.29. The molecule has 2 aliphatic heterocycles. The molecule has 0 spiro atoms. The van der Waals surface area contributed by atoms with Crippen LogP contribution in [0.15, 0.2) is 12.1 Å². The number of fused-ring (bicyclic) bond motifs is 1. The predicted octanol–water partition coefficient (Wildman–Crippen LogP) is 1.93. The molecule has 2 heterocycles. The maximum Gasteiger partial charge on any atom is 0.150 e. The normalized spacial score (nSPS) is 25.1. The molecule has 23 heavy (non-hydrogen) atoms. The average molecular weight is 339 g/mol. The largest absolute Gasteiger partial charge is 0.494 e. The lowest BCUT2D eigenvalue weighted by Gasteiger charge is -2.14. The Kier molecular flexibility index (Phi) is 4.82. The fraction of sp³-hybridized carbons (Fsp3) is 0.647. The van der Waals surface area contributed by atoms with Gasteiger partial charge in [0.25, 0.3) is 0 Å². The number of benzene rings is 1. The van der Waals surface area contributed by atoms with E-state index in [4.69, 9.17) is 9.47 Å². The van der Waals surface area contributed by atoms with Crippen LogP contribution in [0.4, 0.5) is 0 Å². The molecule has 0 saturated carbocycles. The van der Waals surface area contributed by atoms with Crippen LogP contribution in [-0.4, -0.2) is 39.2 Å². The van der Waals surface area contributed by atoms with Crippen molar-refractivity contribution in [2.75, 3.05) is 24.7 Å². The van der Waals surface area contributed by atoms with Crippen LogP contribution in [0.1, 0.15) is 31.4 Å². The van der Waals surface area contributed by atoms with E-state index in [1.165, 1.54) is 5.56 Å². The molecule has 0 bridgehead atoms. The highest BCUT2D eigenvalue weighted by atomic mass is 32.2. The van der Waals surface area contributed by atoms with Gasteiger partial charge in [-0.3, -0.25) is 0 Å². The second kappa shape index (κ2) is 6.69. The van der Waals surface area contributed by atoms with Crippen molar-refractivity contribution >= 4 is 9.84 Å². The molecular weight excluding hydrogens is 314 g/mol. The molecule has 0 unspecified atom stereocenters. The van der Waals surface area contributed by atoms with Gasteiger partial charge in [-0.05, 0) is 44.9 Å². The van der Waals surface area contributed by atoms with Crippen LogP contribution in [0, 0.1) is 5.92 Å². The number of rotatable bonds is 6. The molecule has 0 amide bonds. The summed E-state index contributed by atoms with van der Waals surface area (Å²) in [6, 6.07) is 4.14.